The molecule has 1 aliphatic rings. The number of nitrogens with zero attached hydrogens (tertiary/aromatic N) is 1. The highest BCUT2D eigenvalue weighted by molar-refractivity contribution is 6.10. The van der Waals surface area contributed by atoms with Crippen molar-refractivity contribution in [2.45, 2.75) is 0 Å². The molecule has 8 nitrogen and oxygen atoms in total. The number of pyridine rings is 1. The Balaban J connectivity index is 1.72. The molecule has 0 aliphatic carbocycles. The topological polar surface area (TPSA) is 132 Å². The number of ketones is 1. The van der Waals surface area contributed by atoms with Gasteiger partial charge in [0.1, 0.15) is 17.1 Å². The number of carbonyl (C=O) groups is 2. The first-order valence-electron chi connectivity index (χ1n) is 8.21. The number of hydrogen-bond donors (Lipinski definition) is 3. The number of carbonyl (C=O) groups excluding carboxylic acids is 1. The van der Waals surface area contributed by atoms with E-state index in [1.165, 1.54) is 30.3 Å². The van der Waals surface area contributed by atoms with Gasteiger partial charge in [0.2, 0.25) is 6.79 Å². The predicted molar refractivity (Wildman–Crippen MR) is 98.7 cm³/mol. The molecule has 2 aromatic carbocycles. The third-order valence-electron chi connectivity index (χ3n) is 4.32. The van der Waals surface area contributed by atoms with E-state index in [-0.39, 0.29) is 41.0 Å². The summed E-state index contributed by atoms with van der Waals surface area (Å²) in [6.45, 7) is 0.107. The first-order chi connectivity index (χ1) is 13.4. The molecule has 3 aromatic rings. The number of ether oxygens (including phenoxy) is 2. The minimum atomic E-state index is -1.20. The highest BCUT2D eigenvalue weighted by Crippen LogP contribution is 2.34. The summed E-state index contributed by atoms with van der Waals surface area (Å²) in [5, 5.41) is 19.3. The maximum absolute atomic E-state index is 12.9. The van der Waals surface area contributed by atoms with Gasteiger partial charge in [0, 0.05) is 16.7 Å². The molecule has 1 aliphatic heterocycles. The van der Waals surface area contributed by atoms with Gasteiger partial charge in [-0.25, -0.2) is 9.78 Å². The van der Waals surface area contributed by atoms with Crippen molar-refractivity contribution in [3.05, 3.63) is 65.2 Å². The summed E-state index contributed by atoms with van der Waals surface area (Å²) in [5.41, 5.74) is 6.76. The number of hydrogen-bond acceptors (Lipinski definition) is 7. The molecule has 2 heterocycles. The second kappa shape index (κ2) is 6.58. The Bertz CT molecular complexity index is 1130. The van der Waals surface area contributed by atoms with Crippen LogP contribution in [-0.2, 0) is 0 Å². The Morgan fingerprint density at radius 3 is 2.43 bits per heavy atom. The maximum Gasteiger partial charge on any atom is 0.339 e. The van der Waals surface area contributed by atoms with Gasteiger partial charge >= 0.3 is 5.97 Å². The van der Waals surface area contributed by atoms with E-state index in [1.807, 2.05) is 0 Å². The molecule has 0 fully saturated rings. The van der Waals surface area contributed by atoms with Gasteiger partial charge in [-0.05, 0) is 48.5 Å². The summed E-state index contributed by atoms with van der Waals surface area (Å²) in [5.74, 6) is -0.721. The van der Waals surface area contributed by atoms with Crippen molar-refractivity contribution in [2.24, 2.45) is 0 Å². The number of nitrogen functional groups attached to an aromatic ring is 1. The number of aromatic carboxylic acids is 1. The minimum absolute atomic E-state index is 0.107. The van der Waals surface area contributed by atoms with E-state index in [1.54, 1.807) is 18.2 Å². The highest BCUT2D eigenvalue weighted by atomic mass is 16.7. The van der Waals surface area contributed by atoms with Crippen LogP contribution in [0.25, 0.3) is 11.3 Å². The van der Waals surface area contributed by atoms with Crippen molar-refractivity contribution in [3.63, 3.8) is 0 Å². The van der Waals surface area contributed by atoms with Crippen molar-refractivity contribution in [2.75, 3.05) is 12.5 Å². The number of benzene rings is 2. The van der Waals surface area contributed by atoms with E-state index in [4.69, 9.17) is 20.3 Å². The molecule has 28 heavy (non-hydrogen) atoms. The minimum Gasteiger partial charge on any atom is -0.507 e. The van der Waals surface area contributed by atoms with Gasteiger partial charge in [-0.15, -0.1) is 0 Å². The van der Waals surface area contributed by atoms with Crippen LogP contribution in [0.2, 0.25) is 0 Å². The summed E-state index contributed by atoms with van der Waals surface area (Å²) in [4.78, 5) is 28.0. The molecule has 4 N–H and O–H groups in total. The van der Waals surface area contributed by atoms with Gasteiger partial charge in [0.25, 0.3) is 0 Å². The van der Waals surface area contributed by atoms with Crippen LogP contribution in [0.3, 0.4) is 0 Å². The van der Waals surface area contributed by atoms with Gasteiger partial charge in [0.05, 0.1) is 5.69 Å². The number of carboxylic acids is 1. The van der Waals surface area contributed by atoms with Gasteiger partial charge < -0.3 is 25.4 Å². The fraction of sp³-hybridized carbons (Fsp3) is 0.0500. The summed E-state index contributed by atoms with van der Waals surface area (Å²) in [6.07, 6.45) is 0. The SMILES string of the molecule is Nc1nc(-c2cc(C(=O)c3ccc4c(c3)OCO4)ccc2O)ccc1C(=O)O. The fourth-order valence-corrected chi connectivity index (χ4v) is 2.89. The zero-order valence-electron chi connectivity index (χ0n) is 14.4. The molecule has 8 heteroatoms. The van der Waals surface area contributed by atoms with Gasteiger partial charge in [-0.3, -0.25) is 4.79 Å². The van der Waals surface area contributed by atoms with Crippen molar-refractivity contribution in [3.8, 4) is 28.5 Å². The number of aromatic hydroxyl groups is 1. The summed E-state index contributed by atoms with van der Waals surface area (Å²) in [6, 6.07) is 11.9. The quantitative estimate of drug-likeness (QED) is 0.590. The third-order valence-corrected chi connectivity index (χ3v) is 4.32. The Morgan fingerprint density at radius 1 is 0.964 bits per heavy atom. The van der Waals surface area contributed by atoms with Crippen molar-refractivity contribution < 1.29 is 29.3 Å². The predicted octanol–water partition coefficient (Wildman–Crippen LogP) is 2.69. The normalized spacial score (nSPS) is 12.0. The van der Waals surface area contributed by atoms with Crippen molar-refractivity contribution >= 4 is 17.6 Å². The van der Waals surface area contributed by atoms with E-state index >= 15 is 0 Å². The number of rotatable bonds is 4. The van der Waals surface area contributed by atoms with Crippen LogP contribution in [0.4, 0.5) is 5.82 Å². The first kappa shape index (κ1) is 17.3. The van der Waals surface area contributed by atoms with Crippen LogP contribution in [0.1, 0.15) is 26.3 Å². The molecule has 0 saturated carbocycles. The van der Waals surface area contributed by atoms with Crippen LogP contribution in [-0.4, -0.2) is 33.7 Å². The molecule has 0 spiro atoms. The van der Waals surface area contributed by atoms with Crippen molar-refractivity contribution in [1.29, 1.82) is 0 Å². The molecular weight excluding hydrogens is 364 g/mol. The molecular formula is C20H14N2O6. The number of anilines is 1. The zero-order valence-corrected chi connectivity index (χ0v) is 14.4. The second-order valence-electron chi connectivity index (χ2n) is 6.06. The molecule has 0 unspecified atom stereocenters. The molecule has 0 saturated heterocycles. The zero-order chi connectivity index (χ0) is 19.8. The molecule has 0 atom stereocenters. The van der Waals surface area contributed by atoms with E-state index in [2.05, 4.69) is 4.98 Å². The lowest BCUT2D eigenvalue weighted by Gasteiger charge is -2.09. The average molecular weight is 378 g/mol. The van der Waals surface area contributed by atoms with Crippen LogP contribution in [0, 0.1) is 0 Å². The fourth-order valence-electron chi connectivity index (χ4n) is 2.89. The Kier molecular flexibility index (Phi) is 4.08. The maximum atomic E-state index is 12.9. The lowest BCUT2D eigenvalue weighted by atomic mass is 9.99. The van der Waals surface area contributed by atoms with E-state index < -0.39 is 5.97 Å². The number of nitrogens with two attached hydrogens (primary N) is 1. The van der Waals surface area contributed by atoms with Crippen molar-refractivity contribution in [1.82, 2.24) is 4.98 Å². The van der Waals surface area contributed by atoms with Crippen LogP contribution in [0.5, 0.6) is 17.2 Å². The Labute approximate surface area is 158 Å². The lowest BCUT2D eigenvalue weighted by molar-refractivity contribution is 0.0697. The van der Waals surface area contributed by atoms with Crippen LogP contribution < -0.4 is 15.2 Å². The van der Waals surface area contributed by atoms with Gasteiger partial charge in [0.15, 0.2) is 17.3 Å². The summed E-state index contributed by atoms with van der Waals surface area (Å²) >= 11 is 0. The summed E-state index contributed by atoms with van der Waals surface area (Å²) < 4.78 is 10.5. The number of fused-ring (bicyclic) bond motifs is 1. The van der Waals surface area contributed by atoms with E-state index in [0.29, 0.717) is 22.6 Å². The molecule has 0 bridgehead atoms. The third kappa shape index (κ3) is 2.96. The average Bonchev–Trinajstić information content (AvgIpc) is 3.15. The molecule has 4 rings (SSSR count). The van der Waals surface area contributed by atoms with E-state index in [0.717, 1.165) is 0 Å². The Hall–Kier alpha value is -4.07. The molecule has 0 amide bonds. The monoisotopic (exact) mass is 378 g/mol. The second-order valence-corrected chi connectivity index (χ2v) is 6.06. The molecule has 0 radical (unpaired) electrons. The first-order valence-corrected chi connectivity index (χ1v) is 8.21. The van der Waals surface area contributed by atoms with Gasteiger partial charge in [-0.2, -0.15) is 0 Å². The smallest absolute Gasteiger partial charge is 0.339 e. The Morgan fingerprint density at radius 2 is 1.68 bits per heavy atom. The lowest BCUT2D eigenvalue weighted by Crippen LogP contribution is -2.05. The number of phenolic OH excluding ortho intramolecular Hbond substituents is 1. The number of carboxylic acid groups (broad SMARTS) is 1. The molecule has 140 valence electrons. The molecule has 1 aromatic heterocycles. The highest BCUT2D eigenvalue weighted by Gasteiger charge is 2.19. The van der Waals surface area contributed by atoms with Crippen LogP contribution in [0.15, 0.2) is 48.5 Å². The van der Waals surface area contributed by atoms with Gasteiger partial charge in [-0.1, -0.05) is 0 Å². The summed E-state index contributed by atoms with van der Waals surface area (Å²) in [7, 11) is 0. The van der Waals surface area contributed by atoms with E-state index in [9.17, 15) is 14.7 Å². The van der Waals surface area contributed by atoms with Crippen LogP contribution >= 0.6 is 0 Å². The standard InChI is InChI=1S/C20H14N2O6/c21-19-12(20(25)26)3-4-14(22-19)13-7-10(1-5-15(13)23)18(24)11-2-6-16-17(8-11)28-9-27-16/h1-8,23H,9H2,(H2,21,22)(H,25,26). The number of phenols is 1. The number of aromatic nitrogens is 1. The largest absolute Gasteiger partial charge is 0.507 e.